The van der Waals surface area contributed by atoms with Gasteiger partial charge in [0.1, 0.15) is 0 Å². The van der Waals surface area contributed by atoms with Gasteiger partial charge in [0.25, 0.3) is 0 Å². The number of unbranched alkanes of at least 4 members (excludes halogenated alkanes) is 4. The number of allylic oxidation sites excluding steroid dienone is 5. The number of hydrogen-bond acceptors (Lipinski definition) is 1. The van der Waals surface area contributed by atoms with Crippen LogP contribution in [0.3, 0.4) is 0 Å². The van der Waals surface area contributed by atoms with Crippen LogP contribution in [-0.2, 0) is 0 Å². The molecule has 0 spiro atoms. The molecule has 0 aromatic carbocycles. The normalized spacial score (nSPS) is 10.5. The highest BCUT2D eigenvalue weighted by Crippen LogP contribution is 2.02. The molecule has 0 unspecified atom stereocenters. The van der Waals surface area contributed by atoms with Crippen molar-refractivity contribution in [3.63, 3.8) is 0 Å². The Hall–Kier alpha value is -1.86. The van der Waals surface area contributed by atoms with Gasteiger partial charge in [0.15, 0.2) is 0 Å². The van der Waals surface area contributed by atoms with Gasteiger partial charge in [-0.05, 0) is 36.8 Å². The van der Waals surface area contributed by atoms with E-state index in [2.05, 4.69) is 36.7 Å². The Kier molecular flexibility index (Phi) is 13.6. The minimum Gasteiger partial charge on any atom is -0.516 e. The lowest BCUT2D eigenvalue weighted by Crippen LogP contribution is -1.72. The van der Waals surface area contributed by atoms with Crippen LogP contribution in [0.1, 0.15) is 45.4 Å². The standard InChI is InChI=1S/C17H22O/c1-2-3-4-5-6-7-8-9-10-11-12-13-14-15-16-17-18/h7-10,16-18H,2-6,15H2,1H3/b8-7+,10-9-,17-16-. The highest BCUT2D eigenvalue weighted by molar-refractivity contribution is 5.32. The first-order valence-electron chi connectivity index (χ1n) is 6.51. The zero-order valence-electron chi connectivity index (χ0n) is 11.2. The van der Waals surface area contributed by atoms with Crippen LogP contribution in [0.25, 0.3) is 0 Å². The van der Waals surface area contributed by atoms with Crippen molar-refractivity contribution < 1.29 is 5.11 Å². The maximum absolute atomic E-state index is 8.35. The van der Waals surface area contributed by atoms with Gasteiger partial charge in [-0.15, -0.1) is 0 Å². The van der Waals surface area contributed by atoms with Crippen LogP contribution in [0.5, 0.6) is 0 Å². The topological polar surface area (TPSA) is 20.2 Å². The Morgan fingerprint density at radius 2 is 1.89 bits per heavy atom. The Balaban J connectivity index is 3.60. The third kappa shape index (κ3) is 14.1. The average Bonchev–Trinajstić information content (AvgIpc) is 2.39. The molecule has 0 bridgehead atoms. The molecule has 0 saturated heterocycles. The third-order valence-electron chi connectivity index (χ3n) is 2.20. The maximum atomic E-state index is 8.35. The fourth-order valence-corrected chi connectivity index (χ4v) is 1.25. The average molecular weight is 242 g/mol. The van der Waals surface area contributed by atoms with Gasteiger partial charge in [-0.25, -0.2) is 0 Å². The number of aliphatic hydroxyl groups is 1. The monoisotopic (exact) mass is 242 g/mol. The molecule has 0 saturated carbocycles. The zero-order valence-corrected chi connectivity index (χ0v) is 11.2. The molecule has 18 heavy (non-hydrogen) atoms. The molecule has 0 heterocycles. The van der Waals surface area contributed by atoms with E-state index in [1.54, 1.807) is 12.2 Å². The smallest absolute Gasteiger partial charge is 0.0761 e. The van der Waals surface area contributed by atoms with E-state index >= 15 is 0 Å². The molecule has 0 aromatic rings. The maximum Gasteiger partial charge on any atom is 0.0761 e. The van der Waals surface area contributed by atoms with Gasteiger partial charge in [0.2, 0.25) is 0 Å². The predicted octanol–water partition coefficient (Wildman–Crippen LogP) is 4.54. The summed E-state index contributed by atoms with van der Waals surface area (Å²) in [6.07, 6.45) is 17.4. The Bertz CT molecular complexity index is 377. The first-order chi connectivity index (χ1) is 8.91. The van der Waals surface area contributed by atoms with Crippen molar-refractivity contribution >= 4 is 0 Å². The van der Waals surface area contributed by atoms with Crippen molar-refractivity contribution in [2.45, 2.75) is 45.4 Å². The summed E-state index contributed by atoms with van der Waals surface area (Å²) in [5, 5.41) is 8.35. The molecule has 0 aliphatic carbocycles. The van der Waals surface area contributed by atoms with E-state index in [0.29, 0.717) is 6.42 Å². The predicted molar refractivity (Wildman–Crippen MR) is 79.0 cm³/mol. The number of rotatable bonds is 7. The van der Waals surface area contributed by atoms with E-state index in [4.69, 9.17) is 5.11 Å². The molecular weight excluding hydrogens is 220 g/mol. The van der Waals surface area contributed by atoms with Gasteiger partial charge in [0, 0.05) is 6.42 Å². The van der Waals surface area contributed by atoms with Crippen LogP contribution in [0.15, 0.2) is 36.6 Å². The van der Waals surface area contributed by atoms with Crippen molar-refractivity contribution in [3.8, 4) is 23.7 Å². The van der Waals surface area contributed by atoms with Crippen molar-refractivity contribution in [2.24, 2.45) is 0 Å². The SMILES string of the molecule is CCCCCC/C=C/C=C\C#CC#CC/C=C\O. The minimum atomic E-state index is 0.534. The molecule has 1 nitrogen and oxygen atoms in total. The molecule has 0 aromatic heterocycles. The van der Waals surface area contributed by atoms with Crippen LogP contribution < -0.4 is 0 Å². The first kappa shape index (κ1) is 16.1. The van der Waals surface area contributed by atoms with E-state index < -0.39 is 0 Å². The molecular formula is C17H22O. The summed E-state index contributed by atoms with van der Waals surface area (Å²) in [4.78, 5) is 0. The number of hydrogen-bond donors (Lipinski definition) is 1. The van der Waals surface area contributed by atoms with Gasteiger partial charge in [-0.3, -0.25) is 0 Å². The van der Waals surface area contributed by atoms with Crippen molar-refractivity contribution in [1.82, 2.24) is 0 Å². The molecule has 0 amide bonds. The zero-order chi connectivity index (χ0) is 13.3. The lowest BCUT2D eigenvalue weighted by molar-refractivity contribution is 0.472. The van der Waals surface area contributed by atoms with Gasteiger partial charge >= 0.3 is 0 Å². The fraction of sp³-hybridized carbons (Fsp3) is 0.412. The van der Waals surface area contributed by atoms with Crippen LogP contribution in [0.4, 0.5) is 0 Å². The fourth-order valence-electron chi connectivity index (χ4n) is 1.25. The van der Waals surface area contributed by atoms with E-state index in [0.717, 1.165) is 12.7 Å². The Morgan fingerprint density at radius 1 is 1.00 bits per heavy atom. The van der Waals surface area contributed by atoms with Crippen LogP contribution >= 0.6 is 0 Å². The first-order valence-corrected chi connectivity index (χ1v) is 6.51. The van der Waals surface area contributed by atoms with Crippen LogP contribution in [-0.4, -0.2) is 5.11 Å². The molecule has 0 aliphatic rings. The van der Waals surface area contributed by atoms with E-state index in [1.807, 2.05) is 12.2 Å². The van der Waals surface area contributed by atoms with Crippen molar-refractivity contribution in [3.05, 3.63) is 36.6 Å². The second-order valence-corrected chi connectivity index (χ2v) is 3.80. The summed E-state index contributed by atoms with van der Waals surface area (Å²) < 4.78 is 0. The van der Waals surface area contributed by atoms with Gasteiger partial charge in [-0.2, -0.15) is 0 Å². The van der Waals surface area contributed by atoms with Gasteiger partial charge in [-0.1, -0.05) is 56.3 Å². The van der Waals surface area contributed by atoms with E-state index in [-0.39, 0.29) is 0 Å². The molecule has 0 aliphatic heterocycles. The summed E-state index contributed by atoms with van der Waals surface area (Å²) >= 11 is 0. The van der Waals surface area contributed by atoms with Crippen LogP contribution in [0, 0.1) is 23.7 Å². The minimum absolute atomic E-state index is 0.534. The van der Waals surface area contributed by atoms with E-state index in [9.17, 15) is 0 Å². The van der Waals surface area contributed by atoms with Gasteiger partial charge < -0.3 is 5.11 Å². The molecule has 0 radical (unpaired) electrons. The number of aliphatic hydroxyl groups excluding tert-OH is 1. The second-order valence-electron chi connectivity index (χ2n) is 3.80. The lowest BCUT2D eigenvalue weighted by atomic mass is 10.1. The summed E-state index contributed by atoms with van der Waals surface area (Å²) in [5.41, 5.74) is 0. The van der Waals surface area contributed by atoms with Gasteiger partial charge in [0.05, 0.1) is 6.26 Å². The highest BCUT2D eigenvalue weighted by atomic mass is 16.2. The highest BCUT2D eigenvalue weighted by Gasteiger charge is 1.82. The largest absolute Gasteiger partial charge is 0.516 e. The van der Waals surface area contributed by atoms with Crippen molar-refractivity contribution in [2.75, 3.05) is 0 Å². The molecule has 96 valence electrons. The molecule has 1 N–H and O–H groups in total. The Labute approximate surface area is 111 Å². The van der Waals surface area contributed by atoms with Crippen LogP contribution in [0.2, 0.25) is 0 Å². The quantitative estimate of drug-likeness (QED) is 0.301. The molecule has 1 heteroatoms. The Morgan fingerprint density at radius 3 is 2.67 bits per heavy atom. The molecule has 0 fully saturated rings. The summed E-state index contributed by atoms with van der Waals surface area (Å²) in [5.74, 6) is 11.0. The molecule has 0 atom stereocenters. The molecule has 0 rings (SSSR count). The summed E-state index contributed by atoms with van der Waals surface area (Å²) in [6, 6.07) is 0. The second kappa shape index (κ2) is 15.1. The van der Waals surface area contributed by atoms with E-state index in [1.165, 1.54) is 25.7 Å². The summed E-state index contributed by atoms with van der Waals surface area (Å²) in [6.45, 7) is 2.22. The summed E-state index contributed by atoms with van der Waals surface area (Å²) in [7, 11) is 0. The lowest BCUT2D eigenvalue weighted by Gasteiger charge is -1.92. The van der Waals surface area contributed by atoms with Crippen molar-refractivity contribution in [1.29, 1.82) is 0 Å². The third-order valence-corrected chi connectivity index (χ3v) is 2.20.